The van der Waals surface area contributed by atoms with Crippen LogP contribution in [0, 0.1) is 0 Å². The van der Waals surface area contributed by atoms with E-state index in [9.17, 15) is 4.79 Å². The summed E-state index contributed by atoms with van der Waals surface area (Å²) in [6, 6.07) is 9.19. The summed E-state index contributed by atoms with van der Waals surface area (Å²) in [5.41, 5.74) is 5.68. The molecule has 0 spiro atoms. The molecule has 1 unspecified atom stereocenters. The van der Waals surface area contributed by atoms with Crippen LogP contribution >= 0.6 is 24.0 Å². The maximum atomic E-state index is 11.8. The van der Waals surface area contributed by atoms with Gasteiger partial charge in [-0.2, -0.15) is 0 Å². The fraction of sp³-hybridized carbons (Fsp3) is 0.250. The van der Waals surface area contributed by atoms with Crippen LogP contribution in [0.3, 0.4) is 0 Å². The van der Waals surface area contributed by atoms with Crippen molar-refractivity contribution in [3.05, 3.63) is 47.5 Å². The van der Waals surface area contributed by atoms with Crippen LogP contribution in [0.2, 0.25) is 0 Å². The lowest BCUT2D eigenvalue weighted by Crippen LogP contribution is -2.49. The van der Waals surface area contributed by atoms with Crippen LogP contribution in [-0.2, 0) is 10.3 Å². The van der Waals surface area contributed by atoms with Gasteiger partial charge in [-0.15, -0.1) is 12.4 Å². The quantitative estimate of drug-likeness (QED) is 0.884. The molecule has 1 atom stereocenters. The van der Waals surface area contributed by atoms with Gasteiger partial charge in [0, 0.05) is 5.03 Å². The minimum atomic E-state index is -1.06. The first kappa shape index (κ1) is 16.0. The molecule has 0 saturated carbocycles. The summed E-state index contributed by atoms with van der Waals surface area (Å²) in [7, 11) is 0. The Bertz CT molecular complexity index is 391. The summed E-state index contributed by atoms with van der Waals surface area (Å²) < 4.78 is 0. The molecule has 0 aliphatic rings. The highest BCUT2D eigenvalue weighted by Crippen LogP contribution is 2.17. The first-order chi connectivity index (χ1) is 7.44. The molecule has 5 heteroatoms. The zero-order valence-electron chi connectivity index (χ0n) is 9.57. The minimum absolute atomic E-state index is 0. The number of hydrogen-bond acceptors (Lipinski definition) is 2. The molecule has 0 radical (unpaired) electrons. The van der Waals surface area contributed by atoms with Gasteiger partial charge in [0.25, 0.3) is 0 Å². The number of carbonyl (C=O) groups excluding carboxylic acids is 1. The topological polar surface area (TPSA) is 55.1 Å². The Morgan fingerprint density at radius 2 is 2.00 bits per heavy atom. The SMILES string of the molecule is C=C(Cl)CNC(=O)C(C)(N)c1ccccc1.Cl. The van der Waals surface area contributed by atoms with Crippen LogP contribution < -0.4 is 11.1 Å². The van der Waals surface area contributed by atoms with Crippen molar-refractivity contribution in [2.75, 3.05) is 6.54 Å². The number of rotatable bonds is 4. The molecule has 1 aromatic carbocycles. The third kappa shape index (κ3) is 4.38. The zero-order chi connectivity index (χ0) is 12.2. The van der Waals surface area contributed by atoms with E-state index in [1.54, 1.807) is 6.92 Å². The van der Waals surface area contributed by atoms with Gasteiger partial charge >= 0.3 is 0 Å². The molecule has 0 aromatic heterocycles. The number of carbonyl (C=O) groups is 1. The van der Waals surface area contributed by atoms with Crippen LogP contribution in [0.5, 0.6) is 0 Å². The van der Waals surface area contributed by atoms with Crippen LogP contribution in [0.15, 0.2) is 41.9 Å². The molecule has 0 bridgehead atoms. The molecule has 0 aliphatic heterocycles. The van der Waals surface area contributed by atoms with Crippen molar-refractivity contribution in [2.45, 2.75) is 12.5 Å². The first-order valence-electron chi connectivity index (χ1n) is 4.90. The Morgan fingerprint density at radius 1 is 1.47 bits per heavy atom. The zero-order valence-corrected chi connectivity index (χ0v) is 11.1. The van der Waals surface area contributed by atoms with Gasteiger partial charge in [0.15, 0.2) is 0 Å². The van der Waals surface area contributed by atoms with Crippen molar-refractivity contribution in [2.24, 2.45) is 5.73 Å². The van der Waals surface area contributed by atoms with Gasteiger partial charge < -0.3 is 11.1 Å². The van der Waals surface area contributed by atoms with Gasteiger partial charge in [-0.3, -0.25) is 4.79 Å². The Balaban J connectivity index is 0.00000256. The molecule has 0 aliphatic carbocycles. The number of hydrogen-bond donors (Lipinski definition) is 2. The highest BCUT2D eigenvalue weighted by molar-refractivity contribution is 6.29. The van der Waals surface area contributed by atoms with Gasteiger partial charge in [0.1, 0.15) is 5.54 Å². The number of nitrogens with two attached hydrogens (primary N) is 1. The van der Waals surface area contributed by atoms with E-state index in [0.29, 0.717) is 5.03 Å². The lowest BCUT2D eigenvalue weighted by molar-refractivity contribution is -0.125. The molecule has 1 aromatic rings. The van der Waals surface area contributed by atoms with E-state index in [1.165, 1.54) is 0 Å². The van der Waals surface area contributed by atoms with Crippen LogP contribution in [0.1, 0.15) is 12.5 Å². The summed E-state index contributed by atoms with van der Waals surface area (Å²) in [6.07, 6.45) is 0. The van der Waals surface area contributed by atoms with E-state index < -0.39 is 5.54 Å². The second kappa shape index (κ2) is 6.64. The van der Waals surface area contributed by atoms with Gasteiger partial charge in [-0.1, -0.05) is 48.5 Å². The molecule has 1 amide bonds. The van der Waals surface area contributed by atoms with Crippen molar-refractivity contribution in [3.8, 4) is 0 Å². The summed E-state index contributed by atoms with van der Waals surface area (Å²) in [4.78, 5) is 11.8. The van der Waals surface area contributed by atoms with Crippen molar-refractivity contribution < 1.29 is 4.79 Å². The second-order valence-corrected chi connectivity index (χ2v) is 4.30. The molecule has 94 valence electrons. The monoisotopic (exact) mass is 274 g/mol. The average Bonchev–Trinajstić information content (AvgIpc) is 2.27. The molecule has 17 heavy (non-hydrogen) atoms. The predicted octanol–water partition coefficient (Wildman–Crippen LogP) is 2.15. The lowest BCUT2D eigenvalue weighted by atomic mass is 9.92. The third-order valence-corrected chi connectivity index (χ3v) is 2.42. The number of nitrogens with one attached hydrogen (secondary N) is 1. The average molecular weight is 275 g/mol. The summed E-state index contributed by atoms with van der Waals surface area (Å²) in [5, 5.41) is 3.00. The Hall–Kier alpha value is -1.03. The second-order valence-electron chi connectivity index (χ2n) is 3.77. The third-order valence-electron chi connectivity index (χ3n) is 2.29. The molecular weight excluding hydrogens is 259 g/mol. The van der Waals surface area contributed by atoms with Crippen LogP contribution in [0.25, 0.3) is 0 Å². The van der Waals surface area contributed by atoms with E-state index in [2.05, 4.69) is 11.9 Å². The van der Waals surface area contributed by atoms with Crippen LogP contribution in [0.4, 0.5) is 0 Å². The smallest absolute Gasteiger partial charge is 0.244 e. The largest absolute Gasteiger partial charge is 0.349 e. The normalized spacial score (nSPS) is 13.1. The van der Waals surface area contributed by atoms with Crippen molar-refractivity contribution in [3.63, 3.8) is 0 Å². The summed E-state index contributed by atoms with van der Waals surface area (Å²) in [6.45, 7) is 5.38. The van der Waals surface area contributed by atoms with Crippen molar-refractivity contribution in [1.82, 2.24) is 5.32 Å². The Labute approximate surface area is 112 Å². The summed E-state index contributed by atoms with van der Waals surface area (Å²) in [5.74, 6) is -0.277. The van der Waals surface area contributed by atoms with E-state index in [4.69, 9.17) is 17.3 Å². The van der Waals surface area contributed by atoms with Crippen LogP contribution in [-0.4, -0.2) is 12.5 Å². The van der Waals surface area contributed by atoms with Gasteiger partial charge in [-0.25, -0.2) is 0 Å². The molecule has 0 fully saturated rings. The maximum absolute atomic E-state index is 11.8. The van der Waals surface area contributed by atoms with Gasteiger partial charge in [-0.05, 0) is 12.5 Å². The fourth-order valence-electron chi connectivity index (χ4n) is 1.28. The maximum Gasteiger partial charge on any atom is 0.244 e. The standard InChI is InChI=1S/C12H15ClN2O.ClH/c1-9(13)8-15-11(16)12(2,14)10-6-4-3-5-7-10;/h3-7H,1,8,14H2,2H3,(H,15,16);1H. The molecular formula is C12H16Cl2N2O. The van der Waals surface area contributed by atoms with E-state index in [0.717, 1.165) is 5.56 Å². The van der Waals surface area contributed by atoms with Crippen molar-refractivity contribution in [1.29, 1.82) is 0 Å². The molecule has 3 nitrogen and oxygen atoms in total. The number of halogens is 2. The molecule has 0 saturated heterocycles. The molecule has 1 rings (SSSR count). The van der Waals surface area contributed by atoms with Gasteiger partial charge in [0.05, 0.1) is 6.54 Å². The van der Waals surface area contributed by atoms with Crippen molar-refractivity contribution >= 4 is 29.9 Å². The highest BCUT2D eigenvalue weighted by Gasteiger charge is 2.29. The molecule has 3 N–H and O–H groups in total. The number of benzene rings is 1. The van der Waals surface area contributed by atoms with E-state index in [1.807, 2.05) is 30.3 Å². The predicted molar refractivity (Wildman–Crippen MR) is 73.2 cm³/mol. The lowest BCUT2D eigenvalue weighted by Gasteiger charge is -2.23. The van der Waals surface area contributed by atoms with Gasteiger partial charge in [0.2, 0.25) is 5.91 Å². The fourth-order valence-corrected chi connectivity index (χ4v) is 1.34. The Kier molecular flexibility index (Phi) is 6.24. The minimum Gasteiger partial charge on any atom is -0.349 e. The Morgan fingerprint density at radius 3 is 2.47 bits per heavy atom. The van der Waals surface area contributed by atoms with E-state index >= 15 is 0 Å². The first-order valence-corrected chi connectivity index (χ1v) is 5.28. The summed E-state index contributed by atoms with van der Waals surface area (Å²) >= 11 is 5.57. The van der Waals surface area contributed by atoms with E-state index in [-0.39, 0.29) is 24.9 Å². The number of amides is 1. The molecule has 0 heterocycles. The highest BCUT2D eigenvalue weighted by atomic mass is 35.5.